The fraction of sp³-hybridized carbons (Fsp3) is 0.150. The van der Waals surface area contributed by atoms with Crippen LogP contribution in [0.3, 0.4) is 0 Å². The molecule has 0 bridgehead atoms. The molecular weight excluding hydrogens is 364 g/mol. The second-order valence-corrected chi connectivity index (χ2v) is 6.49. The first kappa shape index (κ1) is 18.7. The number of anilines is 1. The monoisotopic (exact) mass is 382 g/mol. The number of hydrazone groups is 1. The number of carboxylic acid groups (broad SMARTS) is 1. The van der Waals surface area contributed by atoms with Crippen molar-refractivity contribution in [2.75, 3.05) is 5.43 Å². The number of benzene rings is 2. The summed E-state index contributed by atoms with van der Waals surface area (Å²) in [5.74, 6) is -0.956. The van der Waals surface area contributed by atoms with Crippen LogP contribution in [-0.4, -0.2) is 27.1 Å². The minimum atomic E-state index is -0.956. The van der Waals surface area contributed by atoms with Crippen molar-refractivity contribution >= 4 is 29.5 Å². The van der Waals surface area contributed by atoms with Crippen LogP contribution in [0.25, 0.3) is 0 Å². The molecule has 2 aromatic carbocycles. The van der Waals surface area contributed by atoms with Crippen LogP contribution in [0.2, 0.25) is 5.02 Å². The fourth-order valence-corrected chi connectivity index (χ4v) is 2.89. The van der Waals surface area contributed by atoms with Gasteiger partial charge in [-0.1, -0.05) is 29.8 Å². The number of rotatable bonds is 6. The van der Waals surface area contributed by atoms with Gasteiger partial charge < -0.3 is 5.11 Å². The second kappa shape index (κ2) is 8.05. The Labute approximate surface area is 162 Å². The van der Waals surface area contributed by atoms with Gasteiger partial charge in [-0.25, -0.2) is 4.79 Å². The molecule has 27 heavy (non-hydrogen) atoms. The molecule has 7 heteroatoms. The van der Waals surface area contributed by atoms with E-state index < -0.39 is 5.97 Å². The lowest BCUT2D eigenvalue weighted by atomic mass is 10.2. The number of aryl methyl sites for hydroxylation is 1. The molecule has 0 aliphatic carbocycles. The van der Waals surface area contributed by atoms with Gasteiger partial charge in [0.05, 0.1) is 29.7 Å². The maximum Gasteiger partial charge on any atom is 0.335 e. The molecule has 0 saturated carbocycles. The molecule has 0 saturated heterocycles. The average molecular weight is 383 g/mol. The number of carbonyl (C=O) groups is 1. The quantitative estimate of drug-likeness (QED) is 0.490. The Hall–Kier alpha value is -3.12. The Kier molecular flexibility index (Phi) is 5.57. The topological polar surface area (TPSA) is 79.5 Å². The zero-order chi connectivity index (χ0) is 19.4. The van der Waals surface area contributed by atoms with Gasteiger partial charge in [0.15, 0.2) is 0 Å². The number of aromatic nitrogens is 2. The first-order chi connectivity index (χ1) is 13.0. The van der Waals surface area contributed by atoms with Gasteiger partial charge in [-0.2, -0.15) is 10.2 Å². The summed E-state index contributed by atoms with van der Waals surface area (Å²) in [5, 5.41) is 18.5. The summed E-state index contributed by atoms with van der Waals surface area (Å²) in [4.78, 5) is 10.9. The maximum absolute atomic E-state index is 10.9. The van der Waals surface area contributed by atoms with Gasteiger partial charge in [0.25, 0.3) is 0 Å². The number of nitrogens with one attached hydrogen (secondary N) is 1. The molecule has 0 radical (unpaired) electrons. The average Bonchev–Trinajstić information content (AvgIpc) is 2.91. The highest BCUT2D eigenvalue weighted by atomic mass is 35.5. The van der Waals surface area contributed by atoms with Gasteiger partial charge in [0, 0.05) is 16.3 Å². The molecule has 138 valence electrons. The molecule has 2 N–H and O–H groups in total. The summed E-state index contributed by atoms with van der Waals surface area (Å²) in [5.41, 5.74) is 7.62. The van der Waals surface area contributed by atoms with E-state index in [1.54, 1.807) is 18.3 Å². The van der Waals surface area contributed by atoms with Gasteiger partial charge in [0.1, 0.15) is 0 Å². The second-order valence-electron chi connectivity index (χ2n) is 6.09. The third kappa shape index (κ3) is 4.35. The van der Waals surface area contributed by atoms with Crippen LogP contribution < -0.4 is 5.43 Å². The Balaban J connectivity index is 1.73. The molecule has 0 unspecified atom stereocenters. The van der Waals surface area contributed by atoms with E-state index >= 15 is 0 Å². The summed E-state index contributed by atoms with van der Waals surface area (Å²) in [6, 6.07) is 14.1. The van der Waals surface area contributed by atoms with Gasteiger partial charge in [-0.3, -0.25) is 10.1 Å². The third-order valence-electron chi connectivity index (χ3n) is 4.23. The minimum Gasteiger partial charge on any atom is -0.478 e. The zero-order valence-electron chi connectivity index (χ0n) is 15.0. The largest absolute Gasteiger partial charge is 0.478 e. The molecule has 0 amide bonds. The van der Waals surface area contributed by atoms with Crippen molar-refractivity contribution in [1.82, 2.24) is 9.78 Å². The molecule has 0 spiro atoms. The molecular formula is C20H19ClN4O2. The number of halogens is 1. The summed E-state index contributed by atoms with van der Waals surface area (Å²) >= 11 is 6.24. The normalized spacial score (nSPS) is 11.1. The van der Waals surface area contributed by atoms with Crippen molar-refractivity contribution in [3.8, 4) is 0 Å². The van der Waals surface area contributed by atoms with Crippen LogP contribution in [0.15, 0.2) is 53.6 Å². The number of carboxylic acids is 1. The SMILES string of the molecule is Cc1nn(Cc2ccccc2Cl)c(C)c1/C=N\Nc1ccc(C(=O)O)cc1. The number of nitrogens with zero attached hydrogens (tertiary/aromatic N) is 3. The van der Waals surface area contributed by atoms with Gasteiger partial charge >= 0.3 is 5.97 Å². The van der Waals surface area contributed by atoms with Crippen LogP contribution in [0.5, 0.6) is 0 Å². The minimum absolute atomic E-state index is 0.233. The molecule has 1 heterocycles. The fourth-order valence-electron chi connectivity index (χ4n) is 2.70. The van der Waals surface area contributed by atoms with Gasteiger partial charge in [0.2, 0.25) is 0 Å². The Morgan fingerprint density at radius 1 is 1.22 bits per heavy atom. The van der Waals surface area contributed by atoms with Crippen molar-refractivity contribution in [1.29, 1.82) is 0 Å². The van der Waals surface area contributed by atoms with Crippen LogP contribution >= 0.6 is 11.6 Å². The highest BCUT2D eigenvalue weighted by Gasteiger charge is 2.11. The highest BCUT2D eigenvalue weighted by molar-refractivity contribution is 6.31. The van der Waals surface area contributed by atoms with E-state index in [1.165, 1.54) is 12.1 Å². The number of hydrogen-bond donors (Lipinski definition) is 2. The molecule has 0 aliphatic heterocycles. The highest BCUT2D eigenvalue weighted by Crippen LogP contribution is 2.19. The van der Waals surface area contributed by atoms with E-state index in [2.05, 4.69) is 15.6 Å². The van der Waals surface area contributed by atoms with E-state index in [4.69, 9.17) is 16.7 Å². The standard InChI is InChI=1S/C20H19ClN4O2/c1-13-18(11-22-23-17-9-7-15(8-10-17)20(26)27)14(2)25(24-13)12-16-5-3-4-6-19(16)21/h3-11,23H,12H2,1-2H3,(H,26,27)/b22-11-. The van der Waals surface area contributed by atoms with Crippen LogP contribution in [0, 0.1) is 13.8 Å². The Bertz CT molecular complexity index is 994. The summed E-state index contributed by atoms with van der Waals surface area (Å²) in [7, 11) is 0. The van der Waals surface area contributed by atoms with Crippen molar-refractivity contribution in [3.63, 3.8) is 0 Å². The lowest BCUT2D eigenvalue weighted by Crippen LogP contribution is -2.05. The summed E-state index contributed by atoms with van der Waals surface area (Å²) < 4.78 is 1.90. The van der Waals surface area contributed by atoms with Crippen molar-refractivity contribution in [2.45, 2.75) is 20.4 Å². The zero-order valence-corrected chi connectivity index (χ0v) is 15.7. The Morgan fingerprint density at radius 3 is 2.59 bits per heavy atom. The predicted molar refractivity (Wildman–Crippen MR) is 107 cm³/mol. The first-order valence-corrected chi connectivity index (χ1v) is 8.73. The van der Waals surface area contributed by atoms with Crippen LogP contribution in [-0.2, 0) is 6.54 Å². The molecule has 0 fully saturated rings. The summed E-state index contributed by atoms with van der Waals surface area (Å²) in [6.45, 7) is 4.50. The van der Waals surface area contributed by atoms with E-state index in [0.717, 1.165) is 22.5 Å². The van der Waals surface area contributed by atoms with E-state index in [1.807, 2.05) is 42.8 Å². The van der Waals surface area contributed by atoms with Crippen LogP contribution in [0.4, 0.5) is 5.69 Å². The lowest BCUT2D eigenvalue weighted by molar-refractivity contribution is 0.0697. The van der Waals surface area contributed by atoms with Crippen LogP contribution in [0.1, 0.15) is 32.9 Å². The number of aromatic carboxylic acids is 1. The van der Waals surface area contributed by atoms with Gasteiger partial charge in [-0.15, -0.1) is 0 Å². The first-order valence-electron chi connectivity index (χ1n) is 8.35. The predicted octanol–water partition coefficient (Wildman–Crippen LogP) is 4.35. The molecule has 1 aromatic heterocycles. The lowest BCUT2D eigenvalue weighted by Gasteiger charge is -2.06. The third-order valence-corrected chi connectivity index (χ3v) is 4.60. The van der Waals surface area contributed by atoms with Crippen molar-refractivity contribution < 1.29 is 9.90 Å². The number of hydrogen-bond acceptors (Lipinski definition) is 4. The molecule has 0 aliphatic rings. The molecule has 3 aromatic rings. The molecule has 0 atom stereocenters. The van der Waals surface area contributed by atoms with E-state index in [0.29, 0.717) is 17.3 Å². The van der Waals surface area contributed by atoms with Gasteiger partial charge in [-0.05, 0) is 49.7 Å². The molecule has 6 nitrogen and oxygen atoms in total. The Morgan fingerprint density at radius 2 is 1.93 bits per heavy atom. The molecule has 3 rings (SSSR count). The van der Waals surface area contributed by atoms with Crippen molar-refractivity contribution in [2.24, 2.45) is 5.10 Å². The summed E-state index contributed by atoms with van der Waals surface area (Å²) in [6.07, 6.45) is 1.71. The van der Waals surface area contributed by atoms with E-state index in [-0.39, 0.29) is 5.56 Å². The smallest absolute Gasteiger partial charge is 0.335 e. The van der Waals surface area contributed by atoms with Crippen molar-refractivity contribution in [3.05, 3.63) is 81.6 Å². The van der Waals surface area contributed by atoms with E-state index in [9.17, 15) is 4.79 Å². The maximum atomic E-state index is 10.9.